The summed E-state index contributed by atoms with van der Waals surface area (Å²) >= 11 is 0. The molecule has 28 heavy (non-hydrogen) atoms. The van der Waals surface area contributed by atoms with Crippen molar-refractivity contribution in [1.82, 2.24) is 5.32 Å². The number of nitrogens with zero attached hydrogens (tertiary/aromatic N) is 1. The summed E-state index contributed by atoms with van der Waals surface area (Å²) in [6, 6.07) is 11.3. The maximum absolute atomic E-state index is 12.9. The minimum Gasteiger partial charge on any atom is -0.495 e. The van der Waals surface area contributed by atoms with Crippen LogP contribution in [0.2, 0.25) is 0 Å². The lowest BCUT2D eigenvalue weighted by Gasteiger charge is -2.24. The molecule has 6 nitrogen and oxygen atoms in total. The van der Waals surface area contributed by atoms with E-state index >= 15 is 0 Å². The van der Waals surface area contributed by atoms with Gasteiger partial charge in [-0.1, -0.05) is 18.2 Å². The molecule has 2 aromatic rings. The van der Waals surface area contributed by atoms with Crippen LogP contribution in [0.4, 0.5) is 10.1 Å². The van der Waals surface area contributed by atoms with Gasteiger partial charge in [0.2, 0.25) is 15.9 Å². The minimum atomic E-state index is -3.68. The van der Waals surface area contributed by atoms with Crippen LogP contribution in [0.1, 0.15) is 17.5 Å². The van der Waals surface area contributed by atoms with E-state index in [0.29, 0.717) is 30.8 Å². The average molecular weight is 408 g/mol. The Morgan fingerprint density at radius 1 is 1.18 bits per heavy atom. The molecule has 0 radical (unpaired) electrons. The Bertz CT molecular complexity index is 914. The predicted octanol–water partition coefficient (Wildman–Crippen LogP) is 2.66. The van der Waals surface area contributed by atoms with Crippen molar-refractivity contribution in [3.05, 3.63) is 59.4 Å². The topological polar surface area (TPSA) is 75.7 Å². The van der Waals surface area contributed by atoms with Crippen LogP contribution in [0.5, 0.6) is 5.75 Å². The summed E-state index contributed by atoms with van der Waals surface area (Å²) in [5.41, 5.74) is 2.15. The van der Waals surface area contributed by atoms with Crippen LogP contribution in [-0.2, 0) is 21.2 Å². The zero-order chi connectivity index (χ0) is 20.7. The molecule has 0 saturated heterocycles. The van der Waals surface area contributed by atoms with E-state index in [9.17, 15) is 17.6 Å². The Labute approximate surface area is 165 Å². The first-order chi connectivity index (χ1) is 13.2. The molecule has 0 fully saturated rings. The van der Waals surface area contributed by atoms with Gasteiger partial charge in [-0.15, -0.1) is 0 Å². The zero-order valence-corrected chi connectivity index (χ0v) is 17.1. The number of hydrogen-bond acceptors (Lipinski definition) is 4. The van der Waals surface area contributed by atoms with Gasteiger partial charge in [-0.25, -0.2) is 12.8 Å². The molecule has 0 aromatic heterocycles. The van der Waals surface area contributed by atoms with Crippen molar-refractivity contribution in [3.8, 4) is 5.75 Å². The Morgan fingerprint density at radius 3 is 2.46 bits per heavy atom. The van der Waals surface area contributed by atoms with Crippen molar-refractivity contribution in [2.45, 2.75) is 19.8 Å². The van der Waals surface area contributed by atoms with Gasteiger partial charge in [0.05, 0.1) is 19.1 Å². The number of halogens is 1. The van der Waals surface area contributed by atoms with E-state index in [1.165, 1.54) is 19.2 Å². The number of sulfonamides is 1. The summed E-state index contributed by atoms with van der Waals surface area (Å²) < 4.78 is 43.7. The third-order valence-corrected chi connectivity index (χ3v) is 5.29. The van der Waals surface area contributed by atoms with Gasteiger partial charge in [0.15, 0.2) is 0 Å². The second-order valence-electron chi connectivity index (χ2n) is 6.52. The number of anilines is 1. The third-order valence-electron chi connectivity index (χ3n) is 4.17. The number of nitrogens with one attached hydrogen (secondary N) is 1. The van der Waals surface area contributed by atoms with Crippen LogP contribution in [0.25, 0.3) is 0 Å². The number of methoxy groups -OCH3 is 1. The summed E-state index contributed by atoms with van der Waals surface area (Å²) in [4.78, 5) is 12.3. The first-order valence-corrected chi connectivity index (χ1v) is 10.7. The molecule has 0 aliphatic rings. The van der Waals surface area contributed by atoms with Crippen LogP contribution < -0.4 is 14.4 Å². The van der Waals surface area contributed by atoms with Crippen LogP contribution in [-0.4, -0.2) is 40.8 Å². The first-order valence-electron chi connectivity index (χ1n) is 8.84. The van der Waals surface area contributed by atoms with Crippen LogP contribution >= 0.6 is 0 Å². The normalized spacial score (nSPS) is 11.1. The van der Waals surface area contributed by atoms with Crippen molar-refractivity contribution in [3.63, 3.8) is 0 Å². The summed E-state index contributed by atoms with van der Waals surface area (Å²) in [6.07, 6.45) is 2.39. The summed E-state index contributed by atoms with van der Waals surface area (Å²) in [6.45, 7) is 1.88. The van der Waals surface area contributed by atoms with E-state index < -0.39 is 15.9 Å². The van der Waals surface area contributed by atoms with Gasteiger partial charge in [-0.2, -0.15) is 0 Å². The Hall–Kier alpha value is -2.61. The van der Waals surface area contributed by atoms with Crippen molar-refractivity contribution in [2.75, 3.05) is 30.8 Å². The molecule has 0 saturated carbocycles. The molecule has 0 bridgehead atoms. The summed E-state index contributed by atoms with van der Waals surface area (Å²) in [5.74, 6) is -0.322. The highest BCUT2D eigenvalue weighted by Crippen LogP contribution is 2.30. The molecular formula is C20H25FN2O4S. The van der Waals surface area contributed by atoms with E-state index in [0.717, 1.165) is 21.7 Å². The smallest absolute Gasteiger partial charge is 0.240 e. The number of rotatable bonds is 9. The number of aryl methyl sites for hydroxylation is 2. The lowest BCUT2D eigenvalue weighted by Crippen LogP contribution is -2.40. The molecule has 0 aliphatic heterocycles. The second kappa shape index (κ2) is 9.54. The zero-order valence-electron chi connectivity index (χ0n) is 16.2. The minimum absolute atomic E-state index is 0.288. The molecule has 2 aromatic carbocycles. The maximum atomic E-state index is 12.9. The molecule has 1 amide bonds. The summed E-state index contributed by atoms with van der Waals surface area (Å²) in [7, 11) is -2.23. The molecule has 0 unspecified atom stereocenters. The Morgan fingerprint density at radius 2 is 1.86 bits per heavy atom. The number of amides is 1. The standard InChI is InChI=1S/C20H25FN2O4S/c1-15-6-11-19(27-2)18(13-15)23(28(3,25)26)14-20(24)22-12-4-5-16-7-9-17(21)10-8-16/h6-11,13H,4-5,12,14H2,1-3H3,(H,22,24). The lowest BCUT2D eigenvalue weighted by molar-refractivity contribution is -0.119. The molecule has 1 N–H and O–H groups in total. The highest BCUT2D eigenvalue weighted by atomic mass is 32.2. The number of hydrogen-bond donors (Lipinski definition) is 1. The predicted molar refractivity (Wildman–Crippen MR) is 108 cm³/mol. The van der Waals surface area contributed by atoms with Gasteiger partial charge >= 0.3 is 0 Å². The van der Waals surface area contributed by atoms with E-state index in [1.807, 2.05) is 6.92 Å². The molecule has 0 atom stereocenters. The highest BCUT2D eigenvalue weighted by molar-refractivity contribution is 7.92. The second-order valence-corrected chi connectivity index (χ2v) is 8.43. The third kappa shape index (κ3) is 6.23. The van der Waals surface area contributed by atoms with Crippen LogP contribution in [0.3, 0.4) is 0 Å². The number of ether oxygens (including phenoxy) is 1. The van der Waals surface area contributed by atoms with Gasteiger partial charge in [0.1, 0.15) is 18.1 Å². The molecule has 152 valence electrons. The molecule has 0 heterocycles. The number of carbonyl (C=O) groups is 1. The van der Waals surface area contributed by atoms with Gasteiger partial charge in [-0.3, -0.25) is 9.10 Å². The average Bonchev–Trinajstić information content (AvgIpc) is 2.64. The quantitative estimate of drug-likeness (QED) is 0.648. The van der Waals surface area contributed by atoms with Crippen LogP contribution in [0.15, 0.2) is 42.5 Å². The van der Waals surface area contributed by atoms with Gasteiger partial charge in [-0.05, 0) is 55.2 Å². The highest BCUT2D eigenvalue weighted by Gasteiger charge is 2.24. The first kappa shape index (κ1) is 21.7. The molecule has 8 heteroatoms. The molecular weight excluding hydrogens is 383 g/mol. The van der Waals surface area contributed by atoms with Crippen molar-refractivity contribution < 1.29 is 22.3 Å². The van der Waals surface area contributed by atoms with E-state index in [2.05, 4.69) is 5.32 Å². The number of carbonyl (C=O) groups excluding carboxylic acids is 1. The van der Waals surface area contributed by atoms with Crippen molar-refractivity contribution in [1.29, 1.82) is 0 Å². The van der Waals surface area contributed by atoms with E-state index in [-0.39, 0.29) is 12.4 Å². The Kier molecular flexibility index (Phi) is 7.39. The van der Waals surface area contributed by atoms with E-state index in [4.69, 9.17) is 4.74 Å². The molecule has 0 spiro atoms. The van der Waals surface area contributed by atoms with Crippen molar-refractivity contribution >= 4 is 21.6 Å². The van der Waals surface area contributed by atoms with Crippen LogP contribution in [0, 0.1) is 12.7 Å². The largest absolute Gasteiger partial charge is 0.495 e. The fourth-order valence-corrected chi connectivity index (χ4v) is 3.59. The van der Waals surface area contributed by atoms with E-state index in [1.54, 1.807) is 30.3 Å². The van der Waals surface area contributed by atoms with Gasteiger partial charge in [0.25, 0.3) is 0 Å². The summed E-state index contributed by atoms with van der Waals surface area (Å²) in [5, 5.41) is 2.73. The fraction of sp³-hybridized carbons (Fsp3) is 0.350. The monoisotopic (exact) mass is 408 g/mol. The van der Waals surface area contributed by atoms with Gasteiger partial charge < -0.3 is 10.1 Å². The van der Waals surface area contributed by atoms with Crippen molar-refractivity contribution in [2.24, 2.45) is 0 Å². The molecule has 0 aliphatic carbocycles. The SMILES string of the molecule is COc1ccc(C)cc1N(CC(=O)NCCCc1ccc(F)cc1)S(C)(=O)=O. The lowest BCUT2D eigenvalue weighted by atomic mass is 10.1. The number of benzene rings is 2. The Balaban J connectivity index is 1.98. The van der Waals surface area contributed by atoms with Gasteiger partial charge in [0, 0.05) is 6.54 Å². The maximum Gasteiger partial charge on any atom is 0.240 e. The molecule has 2 rings (SSSR count). The fourth-order valence-electron chi connectivity index (χ4n) is 2.73.